The summed E-state index contributed by atoms with van der Waals surface area (Å²) in [6.07, 6.45) is 0.286. The zero-order chi connectivity index (χ0) is 20.6. The molecule has 0 bridgehead atoms. The molecule has 0 unspecified atom stereocenters. The second-order valence-corrected chi connectivity index (χ2v) is 8.57. The minimum atomic E-state index is -0.0599. The van der Waals surface area contributed by atoms with Crippen LogP contribution in [-0.2, 0) is 4.79 Å². The zero-order valence-corrected chi connectivity index (χ0v) is 17.9. The van der Waals surface area contributed by atoms with E-state index in [0.29, 0.717) is 11.7 Å². The summed E-state index contributed by atoms with van der Waals surface area (Å²) in [6.45, 7) is 4.51. The van der Waals surface area contributed by atoms with Crippen LogP contribution in [0.3, 0.4) is 0 Å². The Morgan fingerprint density at radius 2 is 1.97 bits per heavy atom. The largest absolute Gasteiger partial charge is 0.330 e. The van der Waals surface area contributed by atoms with Crippen molar-refractivity contribution >= 4 is 45.5 Å². The number of anilines is 3. The van der Waals surface area contributed by atoms with Gasteiger partial charge in [-0.1, -0.05) is 47.4 Å². The molecule has 1 amide bonds. The molecule has 0 spiro atoms. The normalized spacial score (nSPS) is 10.4. The number of nitrogens with zero attached hydrogens (tertiary/aromatic N) is 4. The van der Waals surface area contributed by atoms with E-state index in [1.165, 1.54) is 34.2 Å². The summed E-state index contributed by atoms with van der Waals surface area (Å²) in [4.78, 5) is 14.4. The van der Waals surface area contributed by atoms with Crippen molar-refractivity contribution in [3.63, 3.8) is 0 Å². The molecule has 148 valence electrons. The Morgan fingerprint density at radius 3 is 2.69 bits per heavy atom. The number of thioether (sulfide) groups is 1. The van der Waals surface area contributed by atoms with Gasteiger partial charge in [-0.15, -0.1) is 10.2 Å². The van der Waals surface area contributed by atoms with E-state index in [9.17, 15) is 4.79 Å². The number of benzene rings is 2. The molecule has 0 fully saturated rings. The zero-order valence-electron chi connectivity index (χ0n) is 16.3. The Hall–Kier alpha value is -2.89. The van der Waals surface area contributed by atoms with Crippen LogP contribution < -0.4 is 10.2 Å². The molecule has 1 aromatic heterocycles. The molecular weight excluding hydrogens is 402 g/mol. The van der Waals surface area contributed by atoms with E-state index in [-0.39, 0.29) is 18.1 Å². The van der Waals surface area contributed by atoms with Gasteiger partial charge in [0.25, 0.3) is 0 Å². The molecule has 8 heteroatoms. The van der Waals surface area contributed by atoms with Crippen molar-refractivity contribution in [3.05, 3.63) is 59.7 Å². The first-order valence-corrected chi connectivity index (χ1v) is 10.9. The second-order valence-electron chi connectivity index (χ2n) is 6.37. The van der Waals surface area contributed by atoms with Crippen molar-refractivity contribution in [2.75, 3.05) is 22.5 Å². The third-order valence-corrected chi connectivity index (χ3v) is 6.26. The average Bonchev–Trinajstić information content (AvgIpc) is 3.17. The van der Waals surface area contributed by atoms with E-state index < -0.39 is 0 Å². The van der Waals surface area contributed by atoms with Crippen LogP contribution in [-0.4, -0.2) is 28.4 Å². The molecular formula is C21H21N5OS2. The standard InChI is InChI=1S/C21H21N5OS2/c1-15-9-10-17(13-16(15)2)23-20-24-25-21(29-20)28-14-19(27)26(12-6-11-22)18-7-4-3-5-8-18/h3-5,7-10,13H,6,12,14H2,1-2H3,(H,23,24). The summed E-state index contributed by atoms with van der Waals surface area (Å²) < 4.78 is 0.720. The number of nitrogens with one attached hydrogen (secondary N) is 1. The number of carbonyl (C=O) groups is 1. The van der Waals surface area contributed by atoms with Crippen molar-refractivity contribution in [2.45, 2.75) is 24.6 Å². The van der Waals surface area contributed by atoms with Gasteiger partial charge in [0.15, 0.2) is 4.34 Å². The number of hydrogen-bond acceptors (Lipinski definition) is 7. The Labute approximate surface area is 178 Å². The molecule has 0 saturated heterocycles. The number of aryl methyl sites for hydroxylation is 2. The topological polar surface area (TPSA) is 81.9 Å². The monoisotopic (exact) mass is 423 g/mol. The number of hydrogen-bond donors (Lipinski definition) is 1. The molecule has 0 aliphatic rings. The van der Waals surface area contributed by atoms with E-state index in [2.05, 4.69) is 47.6 Å². The lowest BCUT2D eigenvalue weighted by atomic mass is 10.1. The number of nitriles is 1. The maximum absolute atomic E-state index is 12.7. The first-order chi connectivity index (χ1) is 14.1. The van der Waals surface area contributed by atoms with Crippen LogP contribution in [0.4, 0.5) is 16.5 Å². The molecule has 6 nitrogen and oxygen atoms in total. The number of aromatic nitrogens is 2. The fourth-order valence-corrected chi connectivity index (χ4v) is 4.28. The molecule has 0 aliphatic heterocycles. The van der Waals surface area contributed by atoms with Crippen molar-refractivity contribution in [1.82, 2.24) is 10.2 Å². The molecule has 2 aromatic carbocycles. The summed E-state index contributed by atoms with van der Waals surface area (Å²) in [7, 11) is 0. The number of amides is 1. The lowest BCUT2D eigenvalue weighted by molar-refractivity contribution is -0.116. The third kappa shape index (κ3) is 5.79. The maximum Gasteiger partial charge on any atom is 0.237 e. The molecule has 0 atom stereocenters. The van der Waals surface area contributed by atoms with Gasteiger partial charge in [0.05, 0.1) is 18.2 Å². The summed E-state index contributed by atoms with van der Waals surface area (Å²) in [6, 6.07) is 17.6. The van der Waals surface area contributed by atoms with Crippen LogP contribution in [0.25, 0.3) is 0 Å². The summed E-state index contributed by atoms with van der Waals surface area (Å²) in [5.41, 5.74) is 4.20. The van der Waals surface area contributed by atoms with E-state index in [4.69, 9.17) is 5.26 Å². The second kappa shape index (κ2) is 10.0. The van der Waals surface area contributed by atoms with E-state index in [1.54, 1.807) is 4.90 Å². The van der Waals surface area contributed by atoms with E-state index in [0.717, 1.165) is 15.7 Å². The highest BCUT2D eigenvalue weighted by atomic mass is 32.2. The molecule has 1 heterocycles. The SMILES string of the molecule is Cc1ccc(Nc2nnc(SCC(=O)N(CCC#N)c3ccccc3)s2)cc1C. The molecule has 0 radical (unpaired) electrons. The molecule has 0 aliphatic carbocycles. The van der Waals surface area contributed by atoms with Gasteiger partial charge in [-0.3, -0.25) is 4.79 Å². The Balaban J connectivity index is 1.61. The van der Waals surface area contributed by atoms with E-state index in [1.807, 2.05) is 36.4 Å². The highest BCUT2D eigenvalue weighted by molar-refractivity contribution is 8.01. The average molecular weight is 424 g/mol. The van der Waals surface area contributed by atoms with Crippen LogP contribution in [0.1, 0.15) is 17.5 Å². The van der Waals surface area contributed by atoms with Crippen LogP contribution in [0.5, 0.6) is 0 Å². The smallest absolute Gasteiger partial charge is 0.237 e. The third-order valence-electron chi connectivity index (χ3n) is 4.30. The van der Waals surface area contributed by atoms with Gasteiger partial charge in [0, 0.05) is 17.9 Å². The van der Waals surface area contributed by atoms with Gasteiger partial charge in [-0.25, -0.2) is 0 Å². The Kier molecular flexibility index (Phi) is 7.22. The molecule has 0 saturated carbocycles. The van der Waals surface area contributed by atoms with Crippen molar-refractivity contribution in [2.24, 2.45) is 0 Å². The van der Waals surface area contributed by atoms with Gasteiger partial charge in [-0.2, -0.15) is 5.26 Å². The molecule has 29 heavy (non-hydrogen) atoms. The van der Waals surface area contributed by atoms with Crippen molar-refractivity contribution in [1.29, 1.82) is 5.26 Å². The highest BCUT2D eigenvalue weighted by Gasteiger charge is 2.17. The summed E-state index contributed by atoms with van der Waals surface area (Å²) >= 11 is 2.76. The van der Waals surface area contributed by atoms with Gasteiger partial charge >= 0.3 is 0 Å². The van der Waals surface area contributed by atoms with Crippen LogP contribution in [0.2, 0.25) is 0 Å². The van der Waals surface area contributed by atoms with Crippen LogP contribution in [0, 0.1) is 25.2 Å². The number of para-hydroxylation sites is 1. The first-order valence-electron chi connectivity index (χ1n) is 9.10. The predicted molar refractivity (Wildman–Crippen MR) is 119 cm³/mol. The maximum atomic E-state index is 12.7. The van der Waals surface area contributed by atoms with Gasteiger partial charge in [0.1, 0.15) is 0 Å². The fourth-order valence-electron chi connectivity index (χ4n) is 2.63. The number of rotatable bonds is 8. The van der Waals surface area contributed by atoms with Gasteiger partial charge in [-0.05, 0) is 49.2 Å². The van der Waals surface area contributed by atoms with E-state index >= 15 is 0 Å². The lowest BCUT2D eigenvalue weighted by Gasteiger charge is -2.21. The molecule has 3 aromatic rings. The summed E-state index contributed by atoms with van der Waals surface area (Å²) in [5, 5.41) is 21.2. The van der Waals surface area contributed by atoms with Crippen molar-refractivity contribution in [3.8, 4) is 6.07 Å². The summed E-state index contributed by atoms with van der Waals surface area (Å²) in [5.74, 6) is 0.175. The Morgan fingerprint density at radius 1 is 1.17 bits per heavy atom. The minimum absolute atomic E-state index is 0.0599. The number of carbonyl (C=O) groups excluding carboxylic acids is 1. The molecule has 3 rings (SSSR count). The highest BCUT2D eigenvalue weighted by Crippen LogP contribution is 2.29. The van der Waals surface area contributed by atoms with Crippen LogP contribution >= 0.6 is 23.1 Å². The predicted octanol–water partition coefficient (Wildman–Crippen LogP) is 4.94. The Bertz CT molecular complexity index is 1010. The lowest BCUT2D eigenvalue weighted by Crippen LogP contribution is -2.33. The molecule has 1 N–H and O–H groups in total. The van der Waals surface area contributed by atoms with Crippen molar-refractivity contribution < 1.29 is 4.79 Å². The quantitative estimate of drug-likeness (QED) is 0.517. The van der Waals surface area contributed by atoms with Crippen LogP contribution in [0.15, 0.2) is 52.9 Å². The minimum Gasteiger partial charge on any atom is -0.330 e. The fraction of sp³-hybridized carbons (Fsp3) is 0.238. The first kappa shape index (κ1) is 20.8. The van der Waals surface area contributed by atoms with Gasteiger partial charge in [0.2, 0.25) is 11.0 Å². The van der Waals surface area contributed by atoms with Gasteiger partial charge < -0.3 is 10.2 Å².